The Morgan fingerprint density at radius 2 is 2.08 bits per heavy atom. The van der Waals surface area contributed by atoms with E-state index in [1.807, 2.05) is 41.3 Å². The van der Waals surface area contributed by atoms with Crippen LogP contribution in [0, 0.1) is 0 Å². The number of hydrogen-bond acceptors (Lipinski definition) is 4. The van der Waals surface area contributed by atoms with Crippen molar-refractivity contribution in [3.05, 3.63) is 58.6 Å². The summed E-state index contributed by atoms with van der Waals surface area (Å²) in [7, 11) is 0. The number of nitrogens with one attached hydrogen (secondary N) is 2. The van der Waals surface area contributed by atoms with E-state index in [0.717, 1.165) is 17.0 Å². The van der Waals surface area contributed by atoms with Gasteiger partial charge in [-0.05, 0) is 29.8 Å². The molecule has 4 rings (SSSR count). The lowest BCUT2D eigenvalue weighted by molar-refractivity contribution is -0.113. The molecular formula is C19H18ClN3O2S. The number of thioether (sulfide) groups is 1. The van der Waals surface area contributed by atoms with E-state index in [9.17, 15) is 9.59 Å². The third kappa shape index (κ3) is 3.32. The highest BCUT2D eigenvalue weighted by molar-refractivity contribution is 8.00. The number of hydrogen-bond donors (Lipinski definition) is 2. The van der Waals surface area contributed by atoms with Crippen LogP contribution in [0.15, 0.2) is 47.4 Å². The Morgan fingerprint density at radius 1 is 1.23 bits per heavy atom. The lowest BCUT2D eigenvalue weighted by Gasteiger charge is -2.37. The first-order valence-corrected chi connectivity index (χ1v) is 9.82. The zero-order valence-electron chi connectivity index (χ0n) is 14.0. The number of anilines is 1. The van der Waals surface area contributed by atoms with Crippen molar-refractivity contribution in [1.82, 2.24) is 10.2 Å². The monoisotopic (exact) mass is 387 g/mol. The lowest BCUT2D eigenvalue weighted by atomic mass is 10.0. The van der Waals surface area contributed by atoms with Gasteiger partial charge >= 0.3 is 0 Å². The third-order valence-corrected chi connectivity index (χ3v) is 6.05. The predicted molar refractivity (Wildman–Crippen MR) is 104 cm³/mol. The predicted octanol–water partition coefficient (Wildman–Crippen LogP) is 3.17. The molecule has 5 nitrogen and oxygen atoms in total. The second kappa shape index (κ2) is 7.31. The van der Waals surface area contributed by atoms with Crippen LogP contribution in [0.3, 0.4) is 0 Å². The lowest BCUT2D eigenvalue weighted by Crippen LogP contribution is -2.48. The standard InChI is InChI=1S/C19H18ClN3O2S/c20-14-4-2-1-3-13(14)16-10-21-7-8-23(16)19(25)12-5-6-17-15(9-12)22-18(24)11-26-17/h1-6,9,16,21H,7-8,10-11H2,(H,22,24). The highest BCUT2D eigenvalue weighted by Crippen LogP contribution is 2.34. The Labute approximate surface area is 161 Å². The number of amides is 2. The Kier molecular flexibility index (Phi) is 4.89. The summed E-state index contributed by atoms with van der Waals surface area (Å²) in [5, 5.41) is 6.85. The van der Waals surface area contributed by atoms with Crippen molar-refractivity contribution in [3.63, 3.8) is 0 Å². The molecule has 2 aromatic rings. The van der Waals surface area contributed by atoms with Crippen molar-refractivity contribution in [1.29, 1.82) is 0 Å². The van der Waals surface area contributed by atoms with Crippen LogP contribution in [-0.2, 0) is 4.79 Å². The molecule has 2 aliphatic rings. The fraction of sp³-hybridized carbons (Fsp3) is 0.263. The molecule has 26 heavy (non-hydrogen) atoms. The highest BCUT2D eigenvalue weighted by Gasteiger charge is 2.30. The molecule has 2 aliphatic heterocycles. The van der Waals surface area contributed by atoms with Crippen LogP contribution in [-0.4, -0.2) is 42.1 Å². The molecule has 2 heterocycles. The molecule has 0 saturated carbocycles. The molecular weight excluding hydrogens is 370 g/mol. The molecule has 0 spiro atoms. The van der Waals surface area contributed by atoms with Crippen LogP contribution in [0.4, 0.5) is 5.69 Å². The van der Waals surface area contributed by atoms with E-state index in [2.05, 4.69) is 10.6 Å². The molecule has 134 valence electrons. The molecule has 0 radical (unpaired) electrons. The van der Waals surface area contributed by atoms with Gasteiger partial charge in [0.2, 0.25) is 5.91 Å². The summed E-state index contributed by atoms with van der Waals surface area (Å²) < 4.78 is 0. The first-order chi connectivity index (χ1) is 12.6. The summed E-state index contributed by atoms with van der Waals surface area (Å²) in [6.45, 7) is 2.00. The highest BCUT2D eigenvalue weighted by atomic mass is 35.5. The molecule has 1 saturated heterocycles. The van der Waals surface area contributed by atoms with Gasteiger partial charge in [-0.1, -0.05) is 29.8 Å². The van der Waals surface area contributed by atoms with Crippen LogP contribution < -0.4 is 10.6 Å². The maximum Gasteiger partial charge on any atom is 0.254 e. The number of fused-ring (bicyclic) bond motifs is 1. The van der Waals surface area contributed by atoms with E-state index in [4.69, 9.17) is 11.6 Å². The van der Waals surface area contributed by atoms with Crippen LogP contribution in [0.25, 0.3) is 0 Å². The van der Waals surface area contributed by atoms with Gasteiger partial charge in [0.25, 0.3) is 5.91 Å². The summed E-state index contributed by atoms with van der Waals surface area (Å²) in [5.41, 5.74) is 2.23. The van der Waals surface area contributed by atoms with E-state index >= 15 is 0 Å². The van der Waals surface area contributed by atoms with Crippen molar-refractivity contribution in [2.24, 2.45) is 0 Å². The number of carbonyl (C=O) groups is 2. The second-order valence-electron chi connectivity index (χ2n) is 6.29. The number of halogens is 1. The maximum atomic E-state index is 13.2. The van der Waals surface area contributed by atoms with E-state index in [0.29, 0.717) is 35.1 Å². The first-order valence-electron chi connectivity index (χ1n) is 8.46. The second-order valence-corrected chi connectivity index (χ2v) is 7.71. The van der Waals surface area contributed by atoms with Gasteiger partial charge in [-0.3, -0.25) is 9.59 Å². The average molecular weight is 388 g/mol. The number of benzene rings is 2. The number of carbonyl (C=O) groups excluding carboxylic acids is 2. The zero-order valence-corrected chi connectivity index (χ0v) is 15.6. The summed E-state index contributed by atoms with van der Waals surface area (Å²) in [6, 6.07) is 13.0. The van der Waals surface area contributed by atoms with E-state index < -0.39 is 0 Å². The topological polar surface area (TPSA) is 61.4 Å². The Bertz CT molecular complexity index is 874. The largest absolute Gasteiger partial charge is 0.329 e. The molecule has 0 aromatic heterocycles. The zero-order chi connectivity index (χ0) is 18.1. The first kappa shape index (κ1) is 17.4. The Morgan fingerprint density at radius 3 is 2.92 bits per heavy atom. The van der Waals surface area contributed by atoms with Crippen LogP contribution >= 0.6 is 23.4 Å². The summed E-state index contributed by atoms with van der Waals surface area (Å²) in [6.07, 6.45) is 0. The van der Waals surface area contributed by atoms with Gasteiger partial charge in [0.15, 0.2) is 0 Å². The van der Waals surface area contributed by atoms with Crippen LogP contribution in [0.5, 0.6) is 0 Å². The van der Waals surface area contributed by atoms with Crippen LogP contribution in [0.2, 0.25) is 5.02 Å². The minimum atomic E-state index is -0.120. The molecule has 0 bridgehead atoms. The van der Waals surface area contributed by atoms with Gasteiger partial charge < -0.3 is 15.5 Å². The molecule has 0 aliphatic carbocycles. The van der Waals surface area contributed by atoms with Gasteiger partial charge in [-0.25, -0.2) is 0 Å². The molecule has 1 unspecified atom stereocenters. The SMILES string of the molecule is O=C1CSc2ccc(C(=O)N3CCNCC3c3ccccc3Cl)cc2N1. The van der Waals surface area contributed by atoms with Gasteiger partial charge in [-0.2, -0.15) is 0 Å². The smallest absolute Gasteiger partial charge is 0.254 e. The minimum absolute atomic E-state index is 0.0387. The van der Waals surface area contributed by atoms with Gasteiger partial charge in [0.1, 0.15) is 0 Å². The van der Waals surface area contributed by atoms with Crippen molar-refractivity contribution >= 4 is 40.9 Å². The summed E-state index contributed by atoms with van der Waals surface area (Å²) in [4.78, 5) is 27.7. The maximum absolute atomic E-state index is 13.2. The van der Waals surface area contributed by atoms with E-state index in [1.165, 1.54) is 11.8 Å². The van der Waals surface area contributed by atoms with Crippen molar-refractivity contribution in [2.45, 2.75) is 10.9 Å². The number of piperazine rings is 1. The van der Waals surface area contributed by atoms with Crippen molar-refractivity contribution in [2.75, 3.05) is 30.7 Å². The molecule has 1 fully saturated rings. The fourth-order valence-electron chi connectivity index (χ4n) is 3.35. The van der Waals surface area contributed by atoms with Crippen molar-refractivity contribution in [3.8, 4) is 0 Å². The summed E-state index contributed by atoms with van der Waals surface area (Å²) >= 11 is 7.86. The van der Waals surface area contributed by atoms with Crippen LogP contribution in [0.1, 0.15) is 22.0 Å². The number of rotatable bonds is 2. The molecule has 1 atom stereocenters. The quantitative estimate of drug-likeness (QED) is 0.830. The van der Waals surface area contributed by atoms with Gasteiger partial charge in [-0.15, -0.1) is 11.8 Å². The van der Waals surface area contributed by atoms with E-state index in [1.54, 1.807) is 6.07 Å². The average Bonchev–Trinajstić information content (AvgIpc) is 2.67. The number of nitrogens with zero attached hydrogens (tertiary/aromatic N) is 1. The van der Waals surface area contributed by atoms with Crippen molar-refractivity contribution < 1.29 is 9.59 Å². The normalized spacial score (nSPS) is 19.7. The fourth-order valence-corrected chi connectivity index (χ4v) is 4.40. The van der Waals surface area contributed by atoms with E-state index in [-0.39, 0.29) is 17.9 Å². The molecule has 2 N–H and O–H groups in total. The summed E-state index contributed by atoms with van der Waals surface area (Å²) in [5.74, 6) is 0.319. The Hall–Kier alpha value is -2.02. The van der Waals surface area contributed by atoms with Gasteiger partial charge in [0.05, 0.1) is 17.5 Å². The Balaban J connectivity index is 1.65. The molecule has 2 amide bonds. The van der Waals surface area contributed by atoms with Gasteiger partial charge in [0, 0.05) is 35.1 Å². The third-order valence-electron chi connectivity index (χ3n) is 4.63. The molecule has 7 heteroatoms. The molecule has 2 aromatic carbocycles. The minimum Gasteiger partial charge on any atom is -0.329 e.